The van der Waals surface area contributed by atoms with Gasteiger partial charge < -0.3 is 15.4 Å². The van der Waals surface area contributed by atoms with Gasteiger partial charge in [-0.3, -0.25) is 14.8 Å². The van der Waals surface area contributed by atoms with Crippen molar-refractivity contribution in [3.05, 3.63) is 29.3 Å². The summed E-state index contributed by atoms with van der Waals surface area (Å²) < 4.78 is 5.09. The third-order valence-electron chi connectivity index (χ3n) is 3.00. The molecular formula is C15H19N3O5. The number of fused-ring (bicyclic) bond motifs is 1. The van der Waals surface area contributed by atoms with Crippen LogP contribution in [-0.2, 0) is 4.74 Å². The number of alkyl carbamates (subject to hydrolysis) is 1. The third-order valence-corrected chi connectivity index (χ3v) is 3.00. The van der Waals surface area contributed by atoms with Crippen molar-refractivity contribution < 1.29 is 24.3 Å². The fourth-order valence-corrected chi connectivity index (χ4v) is 2.10. The summed E-state index contributed by atoms with van der Waals surface area (Å²) in [6.07, 6.45) is -0.537. The molecule has 23 heavy (non-hydrogen) atoms. The van der Waals surface area contributed by atoms with Crippen molar-refractivity contribution >= 4 is 23.6 Å². The molecule has 8 nitrogen and oxygen atoms in total. The number of benzene rings is 1. The van der Waals surface area contributed by atoms with E-state index in [9.17, 15) is 19.6 Å². The molecule has 1 aromatic rings. The normalized spacial score (nSPS) is 13.8. The van der Waals surface area contributed by atoms with Gasteiger partial charge >= 0.3 is 6.09 Å². The predicted octanol–water partition coefficient (Wildman–Crippen LogP) is 1.61. The first-order valence-electron chi connectivity index (χ1n) is 7.12. The van der Waals surface area contributed by atoms with Crippen molar-refractivity contribution in [3.63, 3.8) is 0 Å². The summed E-state index contributed by atoms with van der Waals surface area (Å²) in [5, 5.41) is 15.0. The van der Waals surface area contributed by atoms with E-state index in [1.807, 2.05) is 0 Å². The van der Waals surface area contributed by atoms with Crippen molar-refractivity contribution in [1.29, 1.82) is 0 Å². The van der Waals surface area contributed by atoms with Crippen LogP contribution in [0, 0.1) is 0 Å². The molecule has 0 fully saturated rings. The van der Waals surface area contributed by atoms with Gasteiger partial charge in [0.2, 0.25) is 0 Å². The van der Waals surface area contributed by atoms with Gasteiger partial charge in [0.15, 0.2) is 0 Å². The first-order valence-corrected chi connectivity index (χ1v) is 7.12. The van der Waals surface area contributed by atoms with Crippen molar-refractivity contribution in [2.75, 3.05) is 18.4 Å². The van der Waals surface area contributed by atoms with Crippen LogP contribution in [0.5, 0.6) is 0 Å². The smallest absolute Gasteiger partial charge is 0.407 e. The SMILES string of the molecule is CC(C)(C)OC(=O)NCCNc1cccc2c1C(=O)N(O)C2=O. The van der Waals surface area contributed by atoms with Crippen LogP contribution < -0.4 is 10.6 Å². The van der Waals surface area contributed by atoms with E-state index in [1.54, 1.807) is 32.9 Å². The maximum Gasteiger partial charge on any atom is 0.407 e. The highest BCUT2D eigenvalue weighted by Gasteiger charge is 2.36. The molecule has 0 aromatic heterocycles. The molecule has 0 unspecified atom stereocenters. The van der Waals surface area contributed by atoms with Gasteiger partial charge in [0.05, 0.1) is 11.1 Å². The molecule has 2 rings (SSSR count). The van der Waals surface area contributed by atoms with Crippen LogP contribution in [0.25, 0.3) is 0 Å². The van der Waals surface area contributed by atoms with E-state index in [0.29, 0.717) is 12.2 Å². The number of hydroxylamine groups is 2. The van der Waals surface area contributed by atoms with Gasteiger partial charge in [-0.15, -0.1) is 5.06 Å². The number of ether oxygens (including phenoxy) is 1. The van der Waals surface area contributed by atoms with Crippen LogP contribution in [0.2, 0.25) is 0 Å². The number of nitrogens with one attached hydrogen (secondary N) is 2. The predicted molar refractivity (Wildman–Crippen MR) is 81.5 cm³/mol. The molecule has 1 aromatic carbocycles. The minimum Gasteiger partial charge on any atom is -0.444 e. The Labute approximate surface area is 133 Å². The fourth-order valence-electron chi connectivity index (χ4n) is 2.10. The van der Waals surface area contributed by atoms with Gasteiger partial charge in [0.25, 0.3) is 11.8 Å². The highest BCUT2D eigenvalue weighted by atomic mass is 16.6. The average molecular weight is 321 g/mol. The van der Waals surface area contributed by atoms with Crippen molar-refractivity contribution in [2.24, 2.45) is 0 Å². The molecule has 0 saturated carbocycles. The number of nitrogens with zero attached hydrogens (tertiary/aromatic N) is 1. The molecule has 3 N–H and O–H groups in total. The van der Waals surface area contributed by atoms with Gasteiger partial charge in [0.1, 0.15) is 5.60 Å². The summed E-state index contributed by atoms with van der Waals surface area (Å²) in [7, 11) is 0. The minimum absolute atomic E-state index is 0.0921. The van der Waals surface area contributed by atoms with Crippen LogP contribution in [-0.4, -0.2) is 46.9 Å². The van der Waals surface area contributed by atoms with Crippen LogP contribution in [0.15, 0.2) is 18.2 Å². The molecule has 1 aliphatic rings. The third kappa shape index (κ3) is 3.78. The zero-order valence-corrected chi connectivity index (χ0v) is 13.2. The quantitative estimate of drug-likeness (QED) is 0.442. The Morgan fingerprint density at radius 1 is 1.22 bits per heavy atom. The lowest BCUT2D eigenvalue weighted by Gasteiger charge is -2.19. The van der Waals surface area contributed by atoms with E-state index in [4.69, 9.17) is 4.74 Å². The number of hydrogen-bond acceptors (Lipinski definition) is 6. The number of hydrogen-bond donors (Lipinski definition) is 3. The zero-order valence-electron chi connectivity index (χ0n) is 13.2. The molecule has 0 atom stereocenters. The molecular weight excluding hydrogens is 302 g/mol. The Bertz CT molecular complexity index is 651. The summed E-state index contributed by atoms with van der Waals surface area (Å²) in [6, 6.07) is 4.69. The van der Waals surface area contributed by atoms with Gasteiger partial charge in [-0.25, -0.2) is 4.79 Å². The molecule has 124 valence electrons. The number of amides is 3. The van der Waals surface area contributed by atoms with E-state index >= 15 is 0 Å². The summed E-state index contributed by atoms with van der Waals surface area (Å²) in [5.74, 6) is -1.52. The molecule has 0 aliphatic carbocycles. The number of carbonyl (C=O) groups excluding carboxylic acids is 3. The lowest BCUT2D eigenvalue weighted by atomic mass is 10.1. The maximum absolute atomic E-state index is 11.9. The summed E-state index contributed by atoms with van der Waals surface area (Å²) in [5.41, 5.74) is 0.109. The highest BCUT2D eigenvalue weighted by molar-refractivity contribution is 6.22. The van der Waals surface area contributed by atoms with Crippen molar-refractivity contribution in [2.45, 2.75) is 26.4 Å². The van der Waals surface area contributed by atoms with Crippen LogP contribution in [0.4, 0.5) is 10.5 Å². The topological polar surface area (TPSA) is 108 Å². The Morgan fingerprint density at radius 2 is 1.91 bits per heavy atom. The van der Waals surface area contributed by atoms with Crippen LogP contribution in [0.3, 0.4) is 0 Å². The number of anilines is 1. The molecule has 0 bridgehead atoms. The number of rotatable bonds is 4. The van der Waals surface area contributed by atoms with E-state index in [2.05, 4.69) is 10.6 Å². The Balaban J connectivity index is 1.93. The minimum atomic E-state index is -0.770. The Morgan fingerprint density at radius 3 is 2.57 bits per heavy atom. The molecule has 3 amide bonds. The van der Waals surface area contributed by atoms with E-state index in [0.717, 1.165) is 0 Å². The van der Waals surface area contributed by atoms with Crippen molar-refractivity contribution in [1.82, 2.24) is 10.4 Å². The second-order valence-electron chi connectivity index (χ2n) is 6.01. The maximum atomic E-state index is 11.9. The molecule has 0 radical (unpaired) electrons. The highest BCUT2D eigenvalue weighted by Crippen LogP contribution is 2.28. The van der Waals surface area contributed by atoms with Gasteiger partial charge in [0, 0.05) is 18.8 Å². The van der Waals surface area contributed by atoms with E-state index < -0.39 is 23.5 Å². The molecule has 0 saturated heterocycles. The Kier molecular flexibility index (Phi) is 4.55. The van der Waals surface area contributed by atoms with Crippen LogP contribution in [0.1, 0.15) is 41.5 Å². The second-order valence-corrected chi connectivity index (χ2v) is 6.01. The molecule has 1 heterocycles. The molecule has 1 aliphatic heterocycles. The first kappa shape index (κ1) is 16.8. The monoisotopic (exact) mass is 321 g/mol. The summed E-state index contributed by atoms with van der Waals surface area (Å²) in [4.78, 5) is 35.0. The van der Waals surface area contributed by atoms with E-state index in [-0.39, 0.29) is 22.7 Å². The summed E-state index contributed by atoms with van der Waals surface area (Å²) in [6.45, 7) is 5.89. The van der Waals surface area contributed by atoms with E-state index in [1.165, 1.54) is 6.07 Å². The first-order chi connectivity index (χ1) is 10.7. The van der Waals surface area contributed by atoms with Crippen molar-refractivity contribution in [3.8, 4) is 0 Å². The lowest BCUT2D eigenvalue weighted by molar-refractivity contribution is -0.0327. The molecule has 8 heteroatoms. The standard InChI is InChI=1S/C15H19N3O5/c1-15(2,3)23-14(21)17-8-7-16-10-6-4-5-9-11(10)13(20)18(22)12(9)19/h4-6,16,22H,7-8H2,1-3H3,(H,17,21). The summed E-state index contributed by atoms with van der Waals surface area (Å²) >= 11 is 0. The number of imide groups is 1. The second kappa shape index (κ2) is 6.25. The number of carbonyl (C=O) groups is 3. The van der Waals surface area contributed by atoms with Crippen LogP contribution >= 0.6 is 0 Å². The van der Waals surface area contributed by atoms with Gasteiger partial charge in [-0.2, -0.15) is 0 Å². The lowest BCUT2D eigenvalue weighted by Crippen LogP contribution is -2.35. The Hall–Kier alpha value is -2.61. The average Bonchev–Trinajstić information content (AvgIpc) is 2.67. The van der Waals surface area contributed by atoms with Gasteiger partial charge in [-0.1, -0.05) is 6.07 Å². The fraction of sp³-hybridized carbons (Fsp3) is 0.400. The van der Waals surface area contributed by atoms with Gasteiger partial charge in [-0.05, 0) is 32.9 Å². The largest absolute Gasteiger partial charge is 0.444 e. The molecule has 0 spiro atoms. The zero-order chi connectivity index (χ0) is 17.2.